The smallest absolute Gasteiger partial charge is 0.251 e. The van der Waals surface area contributed by atoms with Crippen LogP contribution in [0.3, 0.4) is 0 Å². The largest absolute Gasteiger partial charge is 0.508 e. The summed E-state index contributed by atoms with van der Waals surface area (Å²) in [5.74, 6) is -0.191. The fraction of sp³-hybridized carbons (Fsp3) is 0.577. The quantitative estimate of drug-likeness (QED) is 0.337. The molecule has 0 saturated carbocycles. The van der Waals surface area contributed by atoms with Crippen molar-refractivity contribution in [3.63, 3.8) is 0 Å². The first-order chi connectivity index (χ1) is 14.5. The first kappa shape index (κ1) is 24.0. The van der Waals surface area contributed by atoms with Crippen LogP contribution < -0.4 is 5.73 Å². The van der Waals surface area contributed by atoms with Crippen LogP contribution in [0.5, 0.6) is 5.75 Å². The van der Waals surface area contributed by atoms with Gasteiger partial charge in [0, 0.05) is 23.5 Å². The van der Waals surface area contributed by atoms with Gasteiger partial charge in [-0.15, -0.1) is 0 Å². The van der Waals surface area contributed by atoms with Crippen molar-refractivity contribution in [1.82, 2.24) is 4.57 Å². The number of nitrogens with zero attached hydrogens (tertiary/aromatic N) is 1. The van der Waals surface area contributed by atoms with Crippen LogP contribution >= 0.6 is 0 Å². The molecule has 0 fully saturated rings. The van der Waals surface area contributed by atoms with Crippen molar-refractivity contribution in [3.8, 4) is 16.9 Å². The zero-order chi connectivity index (χ0) is 21.9. The van der Waals surface area contributed by atoms with E-state index in [9.17, 15) is 9.90 Å². The van der Waals surface area contributed by atoms with Gasteiger partial charge < -0.3 is 15.4 Å². The van der Waals surface area contributed by atoms with E-state index < -0.39 is 5.91 Å². The number of carbonyl (C=O) groups is 1. The van der Waals surface area contributed by atoms with Crippen LogP contribution in [0.2, 0.25) is 0 Å². The van der Waals surface area contributed by atoms with Gasteiger partial charge >= 0.3 is 0 Å². The number of rotatable bonds is 14. The van der Waals surface area contributed by atoms with E-state index in [2.05, 4.69) is 18.4 Å². The molecule has 1 amide bonds. The Morgan fingerprint density at radius 1 is 0.967 bits per heavy atom. The van der Waals surface area contributed by atoms with E-state index in [4.69, 9.17) is 5.73 Å². The Morgan fingerprint density at radius 3 is 2.17 bits per heavy atom. The number of aromatic nitrogens is 1. The van der Waals surface area contributed by atoms with E-state index >= 15 is 0 Å². The highest BCUT2D eigenvalue weighted by atomic mass is 16.3. The first-order valence-electron chi connectivity index (χ1n) is 11.8. The highest BCUT2D eigenvalue weighted by molar-refractivity contribution is 6.02. The molecule has 2 aromatic rings. The average molecular weight is 413 g/mol. The Bertz CT molecular complexity index is 808. The van der Waals surface area contributed by atoms with Gasteiger partial charge in [0.1, 0.15) is 5.75 Å². The highest BCUT2D eigenvalue weighted by Crippen LogP contribution is 2.35. The van der Waals surface area contributed by atoms with Crippen molar-refractivity contribution < 1.29 is 9.90 Å². The normalized spacial score (nSPS) is 11.2. The molecule has 0 saturated heterocycles. The molecule has 4 nitrogen and oxygen atoms in total. The summed E-state index contributed by atoms with van der Waals surface area (Å²) >= 11 is 0. The second-order valence-electron chi connectivity index (χ2n) is 8.43. The van der Waals surface area contributed by atoms with Gasteiger partial charge in [0.15, 0.2) is 0 Å². The number of amides is 1. The fourth-order valence-electron chi connectivity index (χ4n) is 4.45. The van der Waals surface area contributed by atoms with Crippen LogP contribution in [0.4, 0.5) is 0 Å². The van der Waals surface area contributed by atoms with Gasteiger partial charge in [0.05, 0.1) is 5.56 Å². The Balaban J connectivity index is 2.13. The lowest BCUT2D eigenvalue weighted by molar-refractivity contribution is 0.1000. The molecule has 1 aromatic carbocycles. The zero-order valence-electron chi connectivity index (χ0n) is 19.2. The Labute approximate surface area is 182 Å². The number of hydrogen-bond acceptors (Lipinski definition) is 2. The van der Waals surface area contributed by atoms with Gasteiger partial charge in [-0.1, -0.05) is 83.8 Å². The van der Waals surface area contributed by atoms with E-state index in [-0.39, 0.29) is 5.75 Å². The summed E-state index contributed by atoms with van der Waals surface area (Å²) in [7, 11) is 0. The number of primary amides is 1. The van der Waals surface area contributed by atoms with E-state index in [1.165, 1.54) is 51.4 Å². The van der Waals surface area contributed by atoms with Crippen molar-refractivity contribution in [1.29, 1.82) is 0 Å². The maximum atomic E-state index is 12.3. The van der Waals surface area contributed by atoms with Crippen LogP contribution in [-0.4, -0.2) is 15.6 Å². The summed E-state index contributed by atoms with van der Waals surface area (Å²) in [5.41, 5.74) is 10.3. The molecule has 0 aliphatic rings. The molecule has 3 N–H and O–H groups in total. The van der Waals surface area contributed by atoms with Crippen molar-refractivity contribution in [2.75, 3.05) is 0 Å². The van der Waals surface area contributed by atoms with Crippen LogP contribution in [0, 0.1) is 6.92 Å². The van der Waals surface area contributed by atoms with Crippen molar-refractivity contribution in [3.05, 3.63) is 41.2 Å². The monoisotopic (exact) mass is 412 g/mol. The minimum atomic E-state index is -0.394. The molecular weight excluding hydrogens is 372 g/mol. The summed E-state index contributed by atoms with van der Waals surface area (Å²) in [6.07, 6.45) is 13.5. The van der Waals surface area contributed by atoms with Gasteiger partial charge in [0.2, 0.25) is 0 Å². The molecule has 0 spiro atoms. The summed E-state index contributed by atoms with van der Waals surface area (Å²) in [5, 5.41) is 9.97. The zero-order valence-corrected chi connectivity index (χ0v) is 19.2. The molecule has 1 heterocycles. The van der Waals surface area contributed by atoms with E-state index in [1.807, 2.05) is 19.1 Å². The van der Waals surface area contributed by atoms with Gasteiger partial charge in [-0.05, 0) is 37.5 Å². The lowest BCUT2D eigenvalue weighted by Crippen LogP contribution is -2.13. The third-order valence-electron chi connectivity index (χ3n) is 5.98. The third kappa shape index (κ3) is 6.38. The Morgan fingerprint density at radius 2 is 1.60 bits per heavy atom. The Kier molecular flexibility index (Phi) is 9.99. The first-order valence-corrected chi connectivity index (χ1v) is 11.8. The molecule has 30 heavy (non-hydrogen) atoms. The van der Waals surface area contributed by atoms with Gasteiger partial charge in [0.25, 0.3) is 5.91 Å². The summed E-state index contributed by atoms with van der Waals surface area (Å²) < 4.78 is 2.30. The van der Waals surface area contributed by atoms with Gasteiger partial charge in [-0.25, -0.2) is 0 Å². The van der Waals surface area contributed by atoms with Crippen LogP contribution in [0.15, 0.2) is 24.3 Å². The third-order valence-corrected chi connectivity index (χ3v) is 5.98. The van der Waals surface area contributed by atoms with Crippen molar-refractivity contribution in [2.24, 2.45) is 5.73 Å². The predicted molar refractivity (Wildman–Crippen MR) is 126 cm³/mol. The molecule has 0 aliphatic carbocycles. The van der Waals surface area contributed by atoms with E-state index in [0.717, 1.165) is 48.3 Å². The molecule has 0 aliphatic heterocycles. The van der Waals surface area contributed by atoms with Crippen LogP contribution in [-0.2, 0) is 13.0 Å². The average Bonchev–Trinajstić information content (AvgIpc) is 2.99. The van der Waals surface area contributed by atoms with E-state index in [0.29, 0.717) is 5.56 Å². The highest BCUT2D eigenvalue weighted by Gasteiger charge is 2.24. The van der Waals surface area contributed by atoms with Crippen molar-refractivity contribution in [2.45, 2.75) is 97.9 Å². The molecule has 0 unspecified atom stereocenters. The number of hydrogen-bond donors (Lipinski definition) is 2. The summed E-state index contributed by atoms with van der Waals surface area (Å²) in [6, 6.07) is 7.14. The number of phenols is 1. The standard InChI is InChI=1S/C26H40N2O2/c1-4-6-7-8-9-10-11-12-13-18-28-20(3)24(26(27)30)25(23(28)15-5-2)21-16-14-17-22(29)19-21/h14,16-17,19,29H,4-13,15,18H2,1-3H3,(H2,27,30). The molecule has 4 heteroatoms. The minimum Gasteiger partial charge on any atom is -0.508 e. The fourth-order valence-corrected chi connectivity index (χ4v) is 4.45. The Hall–Kier alpha value is -2.23. The number of phenolic OH excluding ortho intramolecular Hbond substituents is 1. The molecule has 0 atom stereocenters. The number of unbranched alkanes of at least 4 members (excludes halogenated alkanes) is 8. The number of benzene rings is 1. The predicted octanol–water partition coefficient (Wildman–Crippen LogP) is 6.75. The maximum absolute atomic E-state index is 12.3. The number of aromatic hydroxyl groups is 1. The maximum Gasteiger partial charge on any atom is 0.251 e. The molecule has 1 aromatic heterocycles. The molecular formula is C26H40N2O2. The van der Waals surface area contributed by atoms with Gasteiger partial charge in [-0.2, -0.15) is 0 Å². The number of nitrogens with two attached hydrogens (primary N) is 1. The van der Waals surface area contributed by atoms with Crippen LogP contribution in [0.1, 0.15) is 99.8 Å². The molecule has 0 radical (unpaired) electrons. The number of carbonyl (C=O) groups excluding carboxylic acids is 1. The molecule has 0 bridgehead atoms. The van der Waals surface area contributed by atoms with Crippen LogP contribution in [0.25, 0.3) is 11.1 Å². The van der Waals surface area contributed by atoms with Gasteiger partial charge in [-0.3, -0.25) is 4.79 Å². The lowest BCUT2D eigenvalue weighted by atomic mass is 9.98. The summed E-state index contributed by atoms with van der Waals surface area (Å²) in [4.78, 5) is 12.3. The minimum absolute atomic E-state index is 0.203. The SMILES string of the molecule is CCCCCCCCCCCn1c(C)c(C(N)=O)c(-c2cccc(O)c2)c1CCC. The second kappa shape index (κ2) is 12.5. The topological polar surface area (TPSA) is 68.2 Å². The van der Waals surface area contributed by atoms with Crippen molar-refractivity contribution >= 4 is 5.91 Å². The lowest BCUT2D eigenvalue weighted by Gasteiger charge is -2.13. The molecule has 166 valence electrons. The summed E-state index contributed by atoms with van der Waals surface area (Å²) in [6.45, 7) is 7.32. The second-order valence-corrected chi connectivity index (χ2v) is 8.43. The van der Waals surface area contributed by atoms with E-state index in [1.54, 1.807) is 12.1 Å². The molecule has 2 rings (SSSR count).